The average Bonchev–Trinajstić information content (AvgIpc) is 1.72. The minimum atomic E-state index is -1.44. The van der Waals surface area contributed by atoms with Gasteiger partial charge in [0, 0.05) is 0 Å². The van der Waals surface area contributed by atoms with Gasteiger partial charge < -0.3 is 15.0 Å². The van der Waals surface area contributed by atoms with Crippen LogP contribution in [-0.4, -0.2) is 17.2 Å². The number of aliphatic hydroxyl groups is 1. The summed E-state index contributed by atoms with van der Waals surface area (Å²) in [5.41, 5.74) is 0. The van der Waals surface area contributed by atoms with Crippen molar-refractivity contribution in [3.8, 4) is 0 Å². The molecule has 6 heteroatoms. The summed E-state index contributed by atoms with van der Waals surface area (Å²) >= 11 is 1.70. The van der Waals surface area contributed by atoms with Gasteiger partial charge in [-0.1, -0.05) is 0 Å². The quantitative estimate of drug-likeness (QED) is 0.567. The first-order valence-electron chi connectivity index (χ1n) is 1.66. The molecular formula is C3H5Ag2O4. The standard InChI is InChI=1S/C3H6O3.2Ag.O/c1-2(4)3(5)6;;;/h2,4H,1H3,(H,5,6);;;/q;;+1;/p-1. The molecule has 4 nitrogen and oxygen atoms in total. The van der Waals surface area contributed by atoms with Crippen LogP contribution >= 0.6 is 0 Å². The molecule has 0 aromatic heterocycles. The van der Waals surface area contributed by atoms with Gasteiger partial charge in [-0.15, -0.1) is 0 Å². The first kappa shape index (κ1) is 16.4. The summed E-state index contributed by atoms with van der Waals surface area (Å²) in [6, 6.07) is 0. The van der Waals surface area contributed by atoms with Gasteiger partial charge in [0.2, 0.25) is 0 Å². The third-order valence-corrected chi connectivity index (χ3v) is 0.341. The van der Waals surface area contributed by atoms with Gasteiger partial charge in [-0.05, 0) is 6.92 Å². The second-order valence-electron chi connectivity index (χ2n) is 0.995. The molecule has 1 atom stereocenters. The van der Waals surface area contributed by atoms with Crippen molar-refractivity contribution in [2.24, 2.45) is 0 Å². The minimum absolute atomic E-state index is 0. The summed E-state index contributed by atoms with van der Waals surface area (Å²) in [5.74, 6) is -1.44. The van der Waals surface area contributed by atoms with Crippen molar-refractivity contribution in [1.29, 1.82) is 0 Å². The summed E-state index contributed by atoms with van der Waals surface area (Å²) in [6.07, 6.45) is -1.34. The Morgan fingerprint density at radius 2 is 1.78 bits per heavy atom. The second-order valence-corrected chi connectivity index (χ2v) is 0.995. The molecule has 0 bridgehead atoms. The monoisotopic (exact) mass is 319 g/mol. The van der Waals surface area contributed by atoms with Crippen LogP contribution in [0.2, 0.25) is 0 Å². The summed E-state index contributed by atoms with van der Waals surface area (Å²) in [6.45, 7) is 1.13. The summed E-state index contributed by atoms with van der Waals surface area (Å²) in [4.78, 5) is 9.34. The number of aliphatic carboxylic acids is 1. The van der Waals surface area contributed by atoms with Gasteiger partial charge in [-0.2, -0.15) is 0 Å². The Hall–Kier alpha value is 0.711. The predicted molar refractivity (Wildman–Crippen MR) is 17.4 cm³/mol. The molecule has 1 N–H and O–H groups in total. The van der Waals surface area contributed by atoms with E-state index in [1.165, 1.54) is 0 Å². The number of rotatable bonds is 1. The number of hydrogen-bond donors (Lipinski definition) is 1. The fourth-order valence-corrected chi connectivity index (χ4v) is 0. The maximum absolute atomic E-state index is 9.34. The molecule has 0 aliphatic carbocycles. The van der Waals surface area contributed by atoms with E-state index >= 15 is 0 Å². The van der Waals surface area contributed by atoms with Crippen molar-refractivity contribution in [1.82, 2.24) is 0 Å². The van der Waals surface area contributed by atoms with Gasteiger partial charge in [0.15, 0.2) is 0 Å². The van der Waals surface area contributed by atoms with E-state index in [-0.39, 0.29) is 22.4 Å². The van der Waals surface area contributed by atoms with Crippen molar-refractivity contribution in [3.63, 3.8) is 0 Å². The zero-order chi connectivity index (χ0) is 7.15. The Morgan fingerprint density at radius 1 is 1.67 bits per heavy atom. The van der Waals surface area contributed by atoms with Crippen LogP contribution in [-0.2, 0) is 51.5 Å². The van der Waals surface area contributed by atoms with E-state index in [0.29, 0.717) is 0 Å². The van der Waals surface area contributed by atoms with Gasteiger partial charge in [0.05, 0.1) is 12.1 Å². The SMILES string of the molecule is CC(O)C(=O)[O-].[Ag+].[O]=[Ag]. The van der Waals surface area contributed by atoms with Crippen molar-refractivity contribution in [3.05, 3.63) is 0 Å². The van der Waals surface area contributed by atoms with E-state index < -0.39 is 12.1 Å². The molecule has 0 saturated carbocycles. The zero-order valence-corrected chi connectivity index (χ0v) is 7.32. The van der Waals surface area contributed by atoms with Crippen LogP contribution in [0.15, 0.2) is 0 Å². The number of carboxylic acids is 1. The van der Waals surface area contributed by atoms with Crippen LogP contribution in [0, 0.1) is 0 Å². The van der Waals surface area contributed by atoms with E-state index in [2.05, 4.69) is 0 Å². The number of carbonyl (C=O) groups excluding carboxylic acids is 1. The molecule has 1 unspecified atom stereocenters. The molecule has 0 saturated heterocycles. The van der Waals surface area contributed by atoms with Crippen LogP contribution in [0.25, 0.3) is 0 Å². The maximum atomic E-state index is 9.34. The van der Waals surface area contributed by atoms with Gasteiger partial charge in [-0.3, -0.25) is 0 Å². The molecule has 0 aromatic carbocycles. The van der Waals surface area contributed by atoms with Gasteiger partial charge in [0.25, 0.3) is 0 Å². The molecule has 0 aliphatic heterocycles. The molecule has 0 fully saturated rings. The molecule has 0 heterocycles. The van der Waals surface area contributed by atoms with Crippen LogP contribution in [0.3, 0.4) is 0 Å². The number of carbonyl (C=O) groups is 1. The third kappa shape index (κ3) is 17.7. The normalized spacial score (nSPS) is 9.78. The topological polar surface area (TPSA) is 77.4 Å². The average molecular weight is 321 g/mol. The van der Waals surface area contributed by atoms with E-state index in [1.807, 2.05) is 0 Å². The van der Waals surface area contributed by atoms with E-state index in [4.69, 9.17) is 8.36 Å². The molecule has 0 aromatic rings. The molecule has 63 valence electrons. The zero-order valence-electron chi connectivity index (χ0n) is 4.35. The van der Waals surface area contributed by atoms with Gasteiger partial charge in [-0.25, -0.2) is 0 Å². The Kier molecular flexibility index (Phi) is 20.9. The van der Waals surface area contributed by atoms with Gasteiger partial charge in [0.1, 0.15) is 0 Å². The fraction of sp³-hybridized carbons (Fsp3) is 0.667. The molecule has 0 aliphatic rings. The summed E-state index contributed by atoms with van der Waals surface area (Å²) in [7, 11) is 0. The number of hydrogen-bond acceptors (Lipinski definition) is 4. The van der Waals surface area contributed by atoms with Crippen molar-refractivity contribution in [2.45, 2.75) is 13.0 Å². The molecule has 0 rings (SSSR count). The molecule has 0 radical (unpaired) electrons. The van der Waals surface area contributed by atoms with Crippen LogP contribution in [0.1, 0.15) is 6.92 Å². The Balaban J connectivity index is -0.000000109. The van der Waals surface area contributed by atoms with Gasteiger partial charge >= 0.3 is 46.7 Å². The molecular weight excluding hydrogens is 316 g/mol. The van der Waals surface area contributed by atoms with Crippen LogP contribution < -0.4 is 5.11 Å². The van der Waals surface area contributed by atoms with E-state index in [1.54, 1.807) is 21.0 Å². The number of carboxylic acid groups (broad SMARTS) is 1. The first-order chi connectivity index (χ1) is 3.64. The second kappa shape index (κ2) is 11.5. The van der Waals surface area contributed by atoms with E-state index in [9.17, 15) is 9.90 Å². The van der Waals surface area contributed by atoms with Crippen molar-refractivity contribution >= 4 is 5.97 Å². The molecule has 0 amide bonds. The summed E-state index contributed by atoms with van der Waals surface area (Å²) in [5, 5.41) is 17.3. The Morgan fingerprint density at radius 3 is 1.78 bits per heavy atom. The van der Waals surface area contributed by atoms with Crippen LogP contribution in [0.4, 0.5) is 0 Å². The number of aliphatic hydroxyl groups excluding tert-OH is 1. The predicted octanol–water partition coefficient (Wildman–Crippen LogP) is -2.01. The Labute approximate surface area is 80.4 Å². The Bertz CT molecular complexity index is 74.2. The first-order valence-corrected chi connectivity index (χ1v) is 2.26. The van der Waals surface area contributed by atoms with Crippen molar-refractivity contribution < 1.29 is 61.7 Å². The molecule has 0 spiro atoms. The molecule has 9 heavy (non-hydrogen) atoms. The fourth-order valence-electron chi connectivity index (χ4n) is 0. The third-order valence-electron chi connectivity index (χ3n) is 0.341. The van der Waals surface area contributed by atoms with Crippen LogP contribution in [0.5, 0.6) is 0 Å². The summed E-state index contributed by atoms with van der Waals surface area (Å²) < 4.78 is 8.06. The van der Waals surface area contributed by atoms with E-state index in [0.717, 1.165) is 6.92 Å². The van der Waals surface area contributed by atoms with Crippen molar-refractivity contribution in [2.75, 3.05) is 0 Å².